The number of allylic oxidation sites excluding steroid dienone is 3. The first-order valence-electron chi connectivity index (χ1n) is 11.7. The number of Topliss-reactive ketones (excluding diaryl/α,β-unsaturated/α-hetero) is 2. The molecule has 35 heavy (non-hydrogen) atoms. The summed E-state index contributed by atoms with van der Waals surface area (Å²) >= 11 is 12.4. The highest BCUT2D eigenvalue weighted by atomic mass is 35.5. The van der Waals surface area contributed by atoms with Crippen LogP contribution >= 0.6 is 23.2 Å². The van der Waals surface area contributed by atoms with Gasteiger partial charge in [0, 0.05) is 56.0 Å². The maximum absolute atomic E-state index is 14.0. The van der Waals surface area contributed by atoms with Gasteiger partial charge in [-0.15, -0.1) is 0 Å². The average molecular weight is 500 g/mol. The molecule has 3 nitrogen and oxygen atoms in total. The average Bonchev–Trinajstić information content (AvgIpc) is 3.11. The Hall–Kier alpha value is -3.14. The molecule has 1 heterocycles. The summed E-state index contributed by atoms with van der Waals surface area (Å²) in [4.78, 5) is 29.9. The number of carbonyl (C=O) groups is 2. The Morgan fingerprint density at radius 1 is 0.771 bits per heavy atom. The van der Waals surface area contributed by atoms with Gasteiger partial charge in [-0.2, -0.15) is 0 Å². The number of anilines is 1. The molecule has 0 spiro atoms. The second-order valence-corrected chi connectivity index (χ2v) is 11.1. The zero-order valence-electron chi connectivity index (χ0n) is 19.4. The van der Waals surface area contributed by atoms with Crippen molar-refractivity contribution in [3.05, 3.63) is 116 Å². The van der Waals surface area contributed by atoms with Crippen molar-refractivity contribution >= 4 is 46.2 Å². The van der Waals surface area contributed by atoms with Crippen LogP contribution in [-0.4, -0.2) is 11.6 Å². The Morgan fingerprint density at radius 3 is 2.03 bits per heavy atom. The highest BCUT2D eigenvalue weighted by molar-refractivity contribution is 6.31. The molecule has 1 atom stereocenters. The maximum atomic E-state index is 14.0. The summed E-state index contributed by atoms with van der Waals surface area (Å²) in [5, 5.41) is 1.25. The first-order valence-corrected chi connectivity index (χ1v) is 12.5. The smallest absolute Gasteiger partial charge is 0.192 e. The van der Waals surface area contributed by atoms with E-state index in [1.807, 2.05) is 72.8 Å². The third-order valence-electron chi connectivity index (χ3n) is 7.18. The van der Waals surface area contributed by atoms with Gasteiger partial charge in [-0.3, -0.25) is 9.59 Å². The van der Waals surface area contributed by atoms with Gasteiger partial charge in [-0.25, -0.2) is 0 Å². The van der Waals surface area contributed by atoms with Crippen LogP contribution < -0.4 is 4.90 Å². The molecule has 0 aromatic heterocycles. The van der Waals surface area contributed by atoms with E-state index in [9.17, 15) is 9.59 Å². The Bertz CT molecular complexity index is 1460. The molecule has 6 rings (SSSR count). The summed E-state index contributed by atoms with van der Waals surface area (Å²) in [6.45, 7) is 4.26. The van der Waals surface area contributed by atoms with Crippen molar-refractivity contribution in [2.45, 2.75) is 32.6 Å². The van der Waals surface area contributed by atoms with Gasteiger partial charge in [0.25, 0.3) is 0 Å². The van der Waals surface area contributed by atoms with Crippen LogP contribution in [0.1, 0.15) is 54.1 Å². The largest absolute Gasteiger partial charge is 0.313 e. The van der Waals surface area contributed by atoms with Crippen LogP contribution in [0.3, 0.4) is 0 Å². The maximum Gasteiger partial charge on any atom is 0.192 e. The Kier molecular flexibility index (Phi) is 5.07. The fourth-order valence-corrected chi connectivity index (χ4v) is 6.02. The van der Waals surface area contributed by atoms with Crippen molar-refractivity contribution in [2.24, 2.45) is 5.41 Å². The predicted octanol–water partition coefficient (Wildman–Crippen LogP) is 7.85. The normalized spacial score (nSPS) is 20.7. The Labute approximate surface area is 214 Å². The second-order valence-electron chi connectivity index (χ2n) is 10.2. The minimum absolute atomic E-state index is 0.0290. The zero-order valence-corrected chi connectivity index (χ0v) is 21.0. The lowest BCUT2D eigenvalue weighted by molar-refractivity contribution is -0.118. The minimum Gasteiger partial charge on any atom is -0.313 e. The third kappa shape index (κ3) is 3.49. The van der Waals surface area contributed by atoms with Crippen molar-refractivity contribution in [3.63, 3.8) is 0 Å². The summed E-state index contributed by atoms with van der Waals surface area (Å²) in [7, 11) is 0. The Balaban J connectivity index is 1.69. The summed E-state index contributed by atoms with van der Waals surface area (Å²) in [6, 6.07) is 22.8. The van der Waals surface area contributed by atoms with E-state index in [0.29, 0.717) is 39.6 Å². The van der Waals surface area contributed by atoms with Gasteiger partial charge < -0.3 is 4.90 Å². The van der Waals surface area contributed by atoms with Crippen LogP contribution in [-0.2, 0) is 4.79 Å². The standard InChI is InChI=1S/C30H23Cl2NO2/c1-30(2)15-23-26(24(34)16-30)25(17-7-9-18(31)10-8-17)27-28(21-5-3-4-6-22(21)29(27)35)33(23)20-13-11-19(32)12-14-20/h3-14,25H,15-16H2,1-2H3. The van der Waals surface area contributed by atoms with Gasteiger partial charge in [-0.1, -0.05) is 73.4 Å². The van der Waals surface area contributed by atoms with E-state index in [2.05, 4.69) is 18.7 Å². The minimum atomic E-state index is -0.440. The molecule has 0 N–H and O–H groups in total. The van der Waals surface area contributed by atoms with Gasteiger partial charge in [0.15, 0.2) is 11.6 Å². The number of halogens is 2. The van der Waals surface area contributed by atoms with E-state index in [-0.39, 0.29) is 17.0 Å². The summed E-state index contributed by atoms with van der Waals surface area (Å²) in [5.74, 6) is -0.381. The Morgan fingerprint density at radius 2 is 1.37 bits per heavy atom. The number of benzene rings is 3. The second kappa shape index (κ2) is 7.94. The number of carbonyl (C=O) groups excluding carboxylic acids is 2. The molecular weight excluding hydrogens is 477 g/mol. The molecule has 2 aliphatic carbocycles. The quantitative estimate of drug-likeness (QED) is 0.360. The topological polar surface area (TPSA) is 37.4 Å². The van der Waals surface area contributed by atoms with E-state index in [1.54, 1.807) is 0 Å². The van der Waals surface area contributed by atoms with Crippen LogP contribution in [0.2, 0.25) is 10.0 Å². The van der Waals surface area contributed by atoms with Crippen LogP contribution in [0.15, 0.2) is 89.6 Å². The summed E-state index contributed by atoms with van der Waals surface area (Å²) < 4.78 is 0. The molecule has 3 aromatic carbocycles. The molecule has 1 aliphatic heterocycles. The van der Waals surface area contributed by atoms with Gasteiger partial charge in [0.2, 0.25) is 0 Å². The van der Waals surface area contributed by atoms with Crippen LogP contribution in [0.5, 0.6) is 0 Å². The third-order valence-corrected chi connectivity index (χ3v) is 7.69. The summed E-state index contributed by atoms with van der Waals surface area (Å²) in [6.07, 6.45) is 1.15. The van der Waals surface area contributed by atoms with Gasteiger partial charge in [-0.05, 0) is 53.8 Å². The van der Waals surface area contributed by atoms with E-state index < -0.39 is 5.92 Å². The molecule has 0 saturated carbocycles. The molecule has 3 aromatic rings. The molecule has 174 valence electrons. The van der Waals surface area contributed by atoms with Crippen molar-refractivity contribution < 1.29 is 9.59 Å². The number of hydrogen-bond donors (Lipinski definition) is 0. The molecule has 0 fully saturated rings. The van der Waals surface area contributed by atoms with Gasteiger partial charge in [0.1, 0.15) is 0 Å². The molecule has 3 aliphatic rings. The van der Waals surface area contributed by atoms with E-state index >= 15 is 0 Å². The van der Waals surface area contributed by atoms with Crippen LogP contribution in [0.25, 0.3) is 5.70 Å². The monoisotopic (exact) mass is 499 g/mol. The van der Waals surface area contributed by atoms with E-state index in [1.165, 1.54) is 0 Å². The van der Waals surface area contributed by atoms with Crippen molar-refractivity contribution in [1.29, 1.82) is 0 Å². The number of ketones is 2. The first-order chi connectivity index (χ1) is 16.7. The predicted molar refractivity (Wildman–Crippen MR) is 141 cm³/mol. The highest BCUT2D eigenvalue weighted by Crippen LogP contribution is 2.56. The lowest BCUT2D eigenvalue weighted by Gasteiger charge is -2.44. The van der Waals surface area contributed by atoms with Crippen molar-refractivity contribution in [2.75, 3.05) is 4.90 Å². The summed E-state index contributed by atoms with van der Waals surface area (Å²) in [5.41, 5.74) is 6.32. The highest BCUT2D eigenvalue weighted by Gasteiger charge is 2.49. The first kappa shape index (κ1) is 22.3. The fraction of sp³-hybridized carbons (Fsp3) is 0.200. The van der Waals surface area contributed by atoms with Crippen molar-refractivity contribution in [3.8, 4) is 0 Å². The molecular formula is C30H23Cl2NO2. The number of hydrogen-bond acceptors (Lipinski definition) is 3. The zero-order chi connectivity index (χ0) is 24.5. The van der Waals surface area contributed by atoms with E-state index in [4.69, 9.17) is 23.2 Å². The van der Waals surface area contributed by atoms with Gasteiger partial charge >= 0.3 is 0 Å². The van der Waals surface area contributed by atoms with Crippen molar-refractivity contribution in [1.82, 2.24) is 0 Å². The molecule has 0 amide bonds. The fourth-order valence-electron chi connectivity index (χ4n) is 5.77. The number of rotatable bonds is 2. The van der Waals surface area contributed by atoms with Gasteiger partial charge in [0.05, 0.1) is 5.70 Å². The SMILES string of the molecule is CC1(C)CC(=O)C2=C(C1)N(c1ccc(Cl)cc1)C1=C(C(=O)c3ccccc31)C2c1ccc(Cl)cc1. The number of fused-ring (bicyclic) bond motifs is 2. The molecule has 1 unspecified atom stereocenters. The van der Waals surface area contributed by atoms with Crippen LogP contribution in [0, 0.1) is 5.41 Å². The molecule has 5 heteroatoms. The lowest BCUT2D eigenvalue weighted by atomic mass is 9.68. The van der Waals surface area contributed by atoms with Crippen LogP contribution in [0.4, 0.5) is 5.69 Å². The molecule has 0 radical (unpaired) electrons. The number of nitrogens with zero attached hydrogens (tertiary/aromatic N) is 1. The van der Waals surface area contributed by atoms with E-state index in [0.717, 1.165) is 28.2 Å². The molecule has 0 bridgehead atoms. The lowest BCUT2D eigenvalue weighted by Crippen LogP contribution is -2.39. The molecule has 0 saturated heterocycles.